The molecule has 1 fully saturated rings. The zero-order valence-electron chi connectivity index (χ0n) is 11.4. The van der Waals surface area contributed by atoms with E-state index in [4.69, 9.17) is 4.74 Å². The predicted molar refractivity (Wildman–Crippen MR) is 78.1 cm³/mol. The molecule has 2 heteroatoms. The van der Waals surface area contributed by atoms with Crippen LogP contribution in [0, 0.1) is 11.8 Å². The SMILES string of the molecule is CC(C)c1csc(C#CCOC2CCCCC2)c1. The number of hydrogen-bond donors (Lipinski definition) is 0. The molecule has 1 aromatic rings. The molecule has 0 aromatic carbocycles. The maximum atomic E-state index is 5.79. The van der Waals surface area contributed by atoms with Crippen LogP contribution >= 0.6 is 11.3 Å². The largest absolute Gasteiger partial charge is 0.366 e. The highest BCUT2D eigenvalue weighted by Gasteiger charge is 2.12. The quantitative estimate of drug-likeness (QED) is 0.725. The van der Waals surface area contributed by atoms with Gasteiger partial charge in [-0.25, -0.2) is 0 Å². The van der Waals surface area contributed by atoms with E-state index in [1.165, 1.54) is 37.7 Å². The molecule has 1 aromatic heterocycles. The third-order valence-electron chi connectivity index (χ3n) is 3.44. The summed E-state index contributed by atoms with van der Waals surface area (Å²) in [6, 6.07) is 2.20. The van der Waals surface area contributed by atoms with Crippen LogP contribution < -0.4 is 0 Å². The highest BCUT2D eigenvalue weighted by Crippen LogP contribution is 2.21. The summed E-state index contributed by atoms with van der Waals surface area (Å²) in [5.41, 5.74) is 1.39. The van der Waals surface area contributed by atoms with Crippen LogP contribution in [-0.4, -0.2) is 12.7 Å². The van der Waals surface area contributed by atoms with E-state index >= 15 is 0 Å². The van der Waals surface area contributed by atoms with Crippen molar-refractivity contribution >= 4 is 11.3 Å². The molecule has 0 amide bonds. The van der Waals surface area contributed by atoms with Crippen molar-refractivity contribution in [3.63, 3.8) is 0 Å². The van der Waals surface area contributed by atoms with E-state index in [2.05, 4.69) is 37.1 Å². The number of hydrogen-bond acceptors (Lipinski definition) is 2. The van der Waals surface area contributed by atoms with Crippen molar-refractivity contribution in [1.82, 2.24) is 0 Å². The Morgan fingerprint density at radius 1 is 1.33 bits per heavy atom. The Morgan fingerprint density at radius 2 is 2.11 bits per heavy atom. The highest BCUT2D eigenvalue weighted by atomic mass is 32.1. The van der Waals surface area contributed by atoms with Crippen LogP contribution in [0.2, 0.25) is 0 Å². The smallest absolute Gasteiger partial charge is 0.108 e. The fourth-order valence-corrected chi connectivity index (χ4v) is 3.17. The molecule has 1 aliphatic carbocycles. The lowest BCUT2D eigenvalue weighted by atomic mass is 9.98. The second-order valence-electron chi connectivity index (χ2n) is 5.27. The van der Waals surface area contributed by atoms with E-state index in [1.807, 2.05) is 0 Å². The van der Waals surface area contributed by atoms with Crippen molar-refractivity contribution in [3.8, 4) is 11.8 Å². The van der Waals surface area contributed by atoms with Gasteiger partial charge in [0.2, 0.25) is 0 Å². The van der Waals surface area contributed by atoms with Gasteiger partial charge >= 0.3 is 0 Å². The minimum atomic E-state index is 0.461. The maximum absolute atomic E-state index is 5.79. The number of ether oxygens (including phenoxy) is 1. The summed E-state index contributed by atoms with van der Waals surface area (Å²) in [6.45, 7) is 5.01. The van der Waals surface area contributed by atoms with Gasteiger partial charge in [0.25, 0.3) is 0 Å². The minimum Gasteiger partial charge on any atom is -0.366 e. The fourth-order valence-electron chi connectivity index (χ4n) is 2.23. The lowest BCUT2D eigenvalue weighted by molar-refractivity contribution is 0.0497. The number of thiophene rings is 1. The van der Waals surface area contributed by atoms with Gasteiger partial charge in [0, 0.05) is 0 Å². The Hall–Kier alpha value is -0.780. The first kappa shape index (κ1) is 13.6. The summed E-state index contributed by atoms with van der Waals surface area (Å²) in [5.74, 6) is 6.94. The van der Waals surface area contributed by atoms with Crippen LogP contribution in [0.3, 0.4) is 0 Å². The normalized spacial score (nSPS) is 16.6. The Morgan fingerprint density at radius 3 is 2.78 bits per heavy atom. The molecule has 0 atom stereocenters. The second-order valence-corrected chi connectivity index (χ2v) is 6.18. The summed E-state index contributed by atoms with van der Waals surface area (Å²) < 4.78 is 5.79. The topological polar surface area (TPSA) is 9.23 Å². The third kappa shape index (κ3) is 4.15. The van der Waals surface area contributed by atoms with Crippen LogP contribution in [0.1, 0.15) is 62.3 Å². The van der Waals surface area contributed by atoms with Crippen LogP contribution in [0.5, 0.6) is 0 Å². The summed E-state index contributed by atoms with van der Waals surface area (Å²) >= 11 is 1.73. The van der Waals surface area contributed by atoms with E-state index in [9.17, 15) is 0 Å². The molecule has 0 spiro atoms. The van der Waals surface area contributed by atoms with E-state index in [0.717, 1.165) is 4.88 Å². The zero-order chi connectivity index (χ0) is 12.8. The van der Waals surface area contributed by atoms with Crippen LogP contribution in [-0.2, 0) is 4.74 Å². The molecule has 18 heavy (non-hydrogen) atoms. The van der Waals surface area contributed by atoms with E-state index in [1.54, 1.807) is 11.3 Å². The minimum absolute atomic E-state index is 0.461. The van der Waals surface area contributed by atoms with Crippen molar-refractivity contribution in [2.45, 2.75) is 58.0 Å². The Balaban J connectivity index is 1.76. The molecule has 0 bridgehead atoms. The summed E-state index contributed by atoms with van der Waals surface area (Å²) in [5, 5.41) is 2.21. The Bertz CT molecular complexity index is 416. The highest BCUT2D eigenvalue weighted by molar-refractivity contribution is 7.10. The van der Waals surface area contributed by atoms with Crippen molar-refractivity contribution in [2.75, 3.05) is 6.61 Å². The van der Waals surface area contributed by atoms with Gasteiger partial charge in [-0.2, -0.15) is 0 Å². The zero-order valence-corrected chi connectivity index (χ0v) is 12.2. The average molecular weight is 262 g/mol. The molecule has 0 unspecified atom stereocenters. The van der Waals surface area contributed by atoms with Gasteiger partial charge in [-0.3, -0.25) is 0 Å². The lowest BCUT2D eigenvalue weighted by Gasteiger charge is -2.20. The van der Waals surface area contributed by atoms with Gasteiger partial charge in [0.05, 0.1) is 11.0 Å². The monoisotopic (exact) mass is 262 g/mol. The second kappa shape index (κ2) is 6.97. The average Bonchev–Trinajstić information content (AvgIpc) is 2.85. The molecule has 0 N–H and O–H groups in total. The van der Waals surface area contributed by atoms with Crippen molar-refractivity contribution in [2.24, 2.45) is 0 Å². The van der Waals surface area contributed by atoms with Gasteiger partial charge in [-0.1, -0.05) is 45.0 Å². The molecule has 0 aliphatic heterocycles. The van der Waals surface area contributed by atoms with Crippen molar-refractivity contribution in [3.05, 3.63) is 21.9 Å². The Labute approximate surface area is 115 Å². The van der Waals surface area contributed by atoms with E-state index in [-0.39, 0.29) is 0 Å². The first-order valence-corrected chi connectivity index (χ1v) is 7.82. The Kier molecular flexibility index (Phi) is 5.28. The third-order valence-corrected chi connectivity index (χ3v) is 4.31. The van der Waals surface area contributed by atoms with Gasteiger partial charge in [0.1, 0.15) is 6.61 Å². The molecule has 1 aliphatic rings. The molecule has 1 saturated carbocycles. The van der Waals surface area contributed by atoms with Crippen LogP contribution in [0.4, 0.5) is 0 Å². The molecule has 0 radical (unpaired) electrons. The molecular weight excluding hydrogens is 240 g/mol. The maximum Gasteiger partial charge on any atom is 0.108 e. The van der Waals surface area contributed by atoms with Gasteiger partial charge in [-0.05, 0) is 35.8 Å². The molecule has 98 valence electrons. The van der Waals surface area contributed by atoms with Gasteiger partial charge in [0.15, 0.2) is 0 Å². The summed E-state index contributed by atoms with van der Waals surface area (Å²) in [7, 11) is 0. The van der Waals surface area contributed by atoms with Crippen molar-refractivity contribution in [1.29, 1.82) is 0 Å². The van der Waals surface area contributed by atoms with Gasteiger partial charge < -0.3 is 4.74 Å². The predicted octanol–water partition coefficient (Wildman–Crippen LogP) is 4.57. The standard InChI is InChI=1S/C16H22OS/c1-13(2)14-11-16(18-12-14)9-6-10-17-15-7-4-3-5-8-15/h11-13,15H,3-5,7-8,10H2,1-2H3. The molecule has 0 saturated heterocycles. The van der Waals surface area contributed by atoms with Crippen molar-refractivity contribution < 1.29 is 4.74 Å². The summed E-state index contributed by atoms with van der Waals surface area (Å²) in [4.78, 5) is 1.16. The van der Waals surface area contributed by atoms with Crippen LogP contribution in [0.15, 0.2) is 11.4 Å². The van der Waals surface area contributed by atoms with E-state index in [0.29, 0.717) is 18.6 Å². The first-order valence-electron chi connectivity index (χ1n) is 6.94. The fraction of sp³-hybridized carbons (Fsp3) is 0.625. The number of rotatable bonds is 3. The van der Waals surface area contributed by atoms with Crippen LogP contribution in [0.25, 0.3) is 0 Å². The van der Waals surface area contributed by atoms with E-state index < -0.39 is 0 Å². The summed E-state index contributed by atoms with van der Waals surface area (Å²) in [6.07, 6.45) is 6.92. The molecule has 1 nitrogen and oxygen atoms in total. The molecular formula is C16H22OS. The molecule has 1 heterocycles. The van der Waals surface area contributed by atoms with Gasteiger partial charge in [-0.15, -0.1) is 11.3 Å². The first-order chi connectivity index (χ1) is 8.75. The lowest BCUT2D eigenvalue weighted by Crippen LogP contribution is -2.16. The molecule has 2 rings (SSSR count).